The first kappa shape index (κ1) is 18.7. The van der Waals surface area contributed by atoms with E-state index in [2.05, 4.69) is 15.5 Å². The molecule has 0 aliphatic carbocycles. The number of guanidine groups is 1. The topological polar surface area (TPSA) is 48.9 Å². The normalized spacial score (nSPS) is 19.5. The van der Waals surface area contributed by atoms with Crippen LogP contribution >= 0.6 is 0 Å². The molecule has 5 nitrogen and oxygen atoms in total. The lowest BCUT2D eigenvalue weighted by atomic mass is 10.1. The van der Waals surface area contributed by atoms with Crippen LogP contribution in [0, 0.1) is 5.82 Å². The van der Waals surface area contributed by atoms with Gasteiger partial charge in [-0.25, -0.2) is 4.39 Å². The highest BCUT2D eigenvalue weighted by molar-refractivity contribution is 5.79. The summed E-state index contributed by atoms with van der Waals surface area (Å²) in [5.74, 6) is 0.577. The van der Waals surface area contributed by atoms with Crippen molar-refractivity contribution in [1.29, 1.82) is 0 Å². The molecule has 1 fully saturated rings. The van der Waals surface area contributed by atoms with Gasteiger partial charge in [0.1, 0.15) is 5.82 Å². The largest absolute Gasteiger partial charge is 0.376 e. The molecule has 2 unspecified atom stereocenters. The Morgan fingerprint density at radius 3 is 2.67 bits per heavy atom. The molecule has 134 valence electrons. The summed E-state index contributed by atoms with van der Waals surface area (Å²) >= 11 is 0. The van der Waals surface area contributed by atoms with E-state index in [0.717, 1.165) is 44.1 Å². The van der Waals surface area contributed by atoms with E-state index >= 15 is 0 Å². The first-order valence-corrected chi connectivity index (χ1v) is 8.65. The fourth-order valence-electron chi connectivity index (χ4n) is 2.79. The van der Waals surface area contributed by atoms with Gasteiger partial charge in [-0.05, 0) is 51.6 Å². The highest BCUT2D eigenvalue weighted by atomic mass is 19.1. The quantitative estimate of drug-likeness (QED) is 0.592. The summed E-state index contributed by atoms with van der Waals surface area (Å²) in [6.07, 6.45) is 2.51. The summed E-state index contributed by atoms with van der Waals surface area (Å²) in [7, 11) is 4.02. The number of halogens is 1. The molecule has 1 aliphatic rings. The maximum Gasteiger partial charge on any atom is 0.191 e. The van der Waals surface area contributed by atoms with Crippen LogP contribution in [-0.4, -0.2) is 57.3 Å². The van der Waals surface area contributed by atoms with Gasteiger partial charge in [-0.15, -0.1) is 0 Å². The number of nitrogens with one attached hydrogen (secondary N) is 2. The Morgan fingerprint density at radius 2 is 2.08 bits per heavy atom. The lowest BCUT2D eigenvalue weighted by Crippen LogP contribution is -2.41. The van der Waals surface area contributed by atoms with Crippen molar-refractivity contribution < 1.29 is 9.13 Å². The lowest BCUT2D eigenvalue weighted by molar-refractivity contribution is 0.114. The van der Waals surface area contributed by atoms with Crippen molar-refractivity contribution in [3.63, 3.8) is 0 Å². The molecule has 1 aromatic carbocycles. The maximum absolute atomic E-state index is 13.1. The third-order valence-electron chi connectivity index (χ3n) is 4.17. The number of likely N-dealkylation sites (N-methyl/N-ethyl adjacent to an activating group) is 1. The van der Waals surface area contributed by atoms with Crippen molar-refractivity contribution in [3.05, 3.63) is 35.6 Å². The van der Waals surface area contributed by atoms with Crippen LogP contribution < -0.4 is 10.6 Å². The van der Waals surface area contributed by atoms with Gasteiger partial charge in [-0.2, -0.15) is 0 Å². The van der Waals surface area contributed by atoms with Gasteiger partial charge in [0.05, 0.1) is 18.7 Å². The van der Waals surface area contributed by atoms with Gasteiger partial charge >= 0.3 is 0 Å². The molecule has 0 bridgehead atoms. The Balaban J connectivity index is 1.98. The van der Waals surface area contributed by atoms with Crippen molar-refractivity contribution in [3.8, 4) is 0 Å². The van der Waals surface area contributed by atoms with E-state index in [1.54, 1.807) is 0 Å². The number of rotatable bonds is 7. The Hall–Kier alpha value is -1.66. The number of aliphatic imine (C=N–C) groups is 1. The summed E-state index contributed by atoms with van der Waals surface area (Å²) < 4.78 is 18.8. The van der Waals surface area contributed by atoms with Crippen LogP contribution in [0.1, 0.15) is 31.4 Å². The Labute approximate surface area is 144 Å². The number of hydrogen-bond donors (Lipinski definition) is 2. The van der Waals surface area contributed by atoms with Gasteiger partial charge in [-0.1, -0.05) is 12.1 Å². The smallest absolute Gasteiger partial charge is 0.191 e. The molecular formula is C18H29FN4O. The number of nitrogens with zero attached hydrogens (tertiary/aromatic N) is 2. The molecule has 6 heteroatoms. The molecule has 24 heavy (non-hydrogen) atoms. The maximum atomic E-state index is 13.1. The van der Waals surface area contributed by atoms with Crippen LogP contribution in [0.5, 0.6) is 0 Å². The van der Waals surface area contributed by atoms with Gasteiger partial charge in [0.2, 0.25) is 0 Å². The molecule has 1 aliphatic heterocycles. The number of ether oxygens (including phenoxy) is 1. The van der Waals surface area contributed by atoms with E-state index in [1.807, 2.05) is 33.2 Å². The second-order valence-corrected chi connectivity index (χ2v) is 6.27. The van der Waals surface area contributed by atoms with Gasteiger partial charge in [0.25, 0.3) is 0 Å². The van der Waals surface area contributed by atoms with Crippen LogP contribution in [-0.2, 0) is 4.74 Å². The summed E-state index contributed by atoms with van der Waals surface area (Å²) in [5.41, 5.74) is 1.06. The van der Waals surface area contributed by atoms with Crippen LogP contribution in [0.15, 0.2) is 29.3 Å². The second kappa shape index (κ2) is 9.59. The lowest BCUT2D eigenvalue weighted by Gasteiger charge is -2.24. The summed E-state index contributed by atoms with van der Waals surface area (Å²) in [4.78, 5) is 6.80. The molecule has 0 spiro atoms. The fraction of sp³-hybridized carbons (Fsp3) is 0.611. The Bertz CT molecular complexity index is 512. The molecule has 2 atom stereocenters. The Morgan fingerprint density at radius 1 is 1.33 bits per heavy atom. The summed E-state index contributed by atoms with van der Waals surface area (Å²) in [6.45, 7) is 5.08. The van der Waals surface area contributed by atoms with Crippen molar-refractivity contribution in [1.82, 2.24) is 15.5 Å². The Kier molecular flexibility index (Phi) is 7.46. The molecule has 0 aromatic heterocycles. The van der Waals surface area contributed by atoms with Gasteiger partial charge in [0, 0.05) is 19.7 Å². The van der Waals surface area contributed by atoms with E-state index in [9.17, 15) is 4.39 Å². The molecule has 2 N–H and O–H groups in total. The molecule has 1 aromatic rings. The third kappa shape index (κ3) is 5.76. The zero-order chi connectivity index (χ0) is 17.4. The molecular weight excluding hydrogens is 307 g/mol. The van der Waals surface area contributed by atoms with Gasteiger partial charge < -0.3 is 20.3 Å². The van der Waals surface area contributed by atoms with Crippen LogP contribution in [0.25, 0.3) is 0 Å². The minimum Gasteiger partial charge on any atom is -0.376 e. The van der Waals surface area contributed by atoms with Crippen molar-refractivity contribution in [2.45, 2.75) is 31.9 Å². The van der Waals surface area contributed by atoms with Crippen molar-refractivity contribution >= 4 is 5.96 Å². The number of benzene rings is 1. The average molecular weight is 336 g/mol. The molecule has 2 rings (SSSR count). The molecule has 0 saturated carbocycles. The predicted octanol–water partition coefficient (Wildman–Crippen LogP) is 2.16. The van der Waals surface area contributed by atoms with E-state index in [1.165, 1.54) is 12.1 Å². The van der Waals surface area contributed by atoms with Crippen molar-refractivity contribution in [2.75, 3.05) is 40.3 Å². The van der Waals surface area contributed by atoms with E-state index in [0.29, 0.717) is 6.54 Å². The van der Waals surface area contributed by atoms with Crippen LogP contribution in [0.4, 0.5) is 4.39 Å². The highest BCUT2D eigenvalue weighted by Gasteiger charge is 2.17. The van der Waals surface area contributed by atoms with Crippen molar-refractivity contribution in [2.24, 2.45) is 4.99 Å². The SMILES string of the molecule is CCNC(=NCC(c1ccc(F)cc1)N(C)C)NCC1CCCO1. The van der Waals surface area contributed by atoms with Crippen LogP contribution in [0.2, 0.25) is 0 Å². The van der Waals surface area contributed by atoms with Gasteiger partial charge in [0.15, 0.2) is 5.96 Å². The first-order valence-electron chi connectivity index (χ1n) is 8.65. The van der Waals surface area contributed by atoms with Crippen LogP contribution in [0.3, 0.4) is 0 Å². The number of hydrogen-bond acceptors (Lipinski definition) is 3. The molecule has 1 saturated heterocycles. The van der Waals surface area contributed by atoms with E-state index in [-0.39, 0.29) is 18.0 Å². The second-order valence-electron chi connectivity index (χ2n) is 6.27. The monoisotopic (exact) mass is 336 g/mol. The zero-order valence-corrected chi connectivity index (χ0v) is 14.9. The van der Waals surface area contributed by atoms with E-state index < -0.39 is 0 Å². The predicted molar refractivity (Wildman–Crippen MR) is 95.8 cm³/mol. The first-order chi connectivity index (χ1) is 11.6. The third-order valence-corrected chi connectivity index (χ3v) is 4.17. The fourth-order valence-corrected chi connectivity index (χ4v) is 2.79. The minimum absolute atomic E-state index is 0.101. The molecule has 0 radical (unpaired) electrons. The molecule has 0 amide bonds. The zero-order valence-electron chi connectivity index (χ0n) is 14.9. The summed E-state index contributed by atoms with van der Waals surface area (Å²) in [5, 5.41) is 6.62. The van der Waals surface area contributed by atoms with E-state index in [4.69, 9.17) is 9.73 Å². The minimum atomic E-state index is -0.216. The standard InChI is InChI=1S/C18H29FN4O/c1-4-20-18(21-12-16-6-5-11-24-16)22-13-17(23(2)3)14-7-9-15(19)10-8-14/h7-10,16-17H,4-6,11-13H2,1-3H3,(H2,20,21,22). The highest BCUT2D eigenvalue weighted by Crippen LogP contribution is 2.19. The average Bonchev–Trinajstić information content (AvgIpc) is 3.07. The molecule has 1 heterocycles. The van der Waals surface area contributed by atoms with Gasteiger partial charge in [-0.3, -0.25) is 4.99 Å². The summed E-state index contributed by atoms with van der Waals surface area (Å²) in [6, 6.07) is 6.74.